The van der Waals surface area contributed by atoms with E-state index >= 15 is 0 Å². The average molecular weight is 501 g/mol. The molecule has 1 aliphatic carbocycles. The van der Waals surface area contributed by atoms with E-state index < -0.39 is 17.7 Å². The van der Waals surface area contributed by atoms with Crippen molar-refractivity contribution in [1.29, 1.82) is 0 Å². The van der Waals surface area contributed by atoms with E-state index in [4.69, 9.17) is 9.57 Å². The van der Waals surface area contributed by atoms with Crippen molar-refractivity contribution < 1.29 is 28.8 Å². The molecule has 4 amide bonds. The summed E-state index contributed by atoms with van der Waals surface area (Å²) in [4.78, 5) is 59.9. The zero-order valence-electron chi connectivity index (χ0n) is 21.3. The van der Waals surface area contributed by atoms with Crippen molar-refractivity contribution >= 4 is 23.8 Å². The number of rotatable bonds is 9. The number of hydrogen-bond acceptors (Lipinski definition) is 6. The summed E-state index contributed by atoms with van der Waals surface area (Å²) in [5.41, 5.74) is 0.299. The van der Waals surface area contributed by atoms with E-state index in [2.05, 4.69) is 5.32 Å². The molecule has 1 aromatic rings. The minimum absolute atomic E-state index is 0.0149. The number of nitrogens with zero attached hydrogens (tertiary/aromatic N) is 3. The predicted molar refractivity (Wildman–Crippen MR) is 131 cm³/mol. The van der Waals surface area contributed by atoms with Gasteiger partial charge >= 0.3 is 12.1 Å². The molecule has 2 aliphatic heterocycles. The maximum absolute atomic E-state index is 12.9. The highest BCUT2D eigenvalue weighted by Crippen LogP contribution is 2.31. The molecule has 1 saturated carbocycles. The standard InChI is InChI=1S/C26H36N4O6/c1-26(2,3)36-25(34)28(19-10-7-11-19)16-21(31)14-27-23(32)22-13-12-20-15-29(22)24(33)30(20)35-17-18-8-5-4-6-9-18/h4-6,8-9,19-20,22H,7,10-17H2,1-3H3,(H,27,32)/t20-,22+/m1/s1. The molecule has 2 saturated heterocycles. The van der Waals surface area contributed by atoms with E-state index in [1.807, 2.05) is 30.3 Å². The van der Waals surface area contributed by atoms with Crippen LogP contribution in [0.15, 0.2) is 30.3 Å². The van der Waals surface area contributed by atoms with Crippen LogP contribution in [0.2, 0.25) is 0 Å². The number of carbonyl (C=O) groups is 4. The highest BCUT2D eigenvalue weighted by molar-refractivity contribution is 5.93. The van der Waals surface area contributed by atoms with Gasteiger partial charge in [-0.1, -0.05) is 30.3 Å². The van der Waals surface area contributed by atoms with Gasteiger partial charge in [-0.15, -0.1) is 0 Å². The number of carbonyl (C=O) groups excluding carboxylic acids is 4. The second-order valence-corrected chi connectivity index (χ2v) is 10.7. The summed E-state index contributed by atoms with van der Waals surface area (Å²) in [7, 11) is 0. The number of nitrogens with one attached hydrogen (secondary N) is 1. The Labute approximate surface area is 211 Å². The summed E-state index contributed by atoms with van der Waals surface area (Å²) in [5.74, 6) is -0.650. The predicted octanol–water partition coefficient (Wildman–Crippen LogP) is 2.86. The molecule has 3 aliphatic rings. The van der Waals surface area contributed by atoms with Crippen molar-refractivity contribution in [3.8, 4) is 0 Å². The van der Waals surface area contributed by atoms with Crippen molar-refractivity contribution in [2.75, 3.05) is 19.6 Å². The topological polar surface area (TPSA) is 108 Å². The van der Waals surface area contributed by atoms with Crippen LogP contribution in [-0.2, 0) is 25.8 Å². The van der Waals surface area contributed by atoms with Crippen molar-refractivity contribution in [3.63, 3.8) is 0 Å². The Bertz CT molecular complexity index is 974. The Kier molecular flexibility index (Phi) is 7.82. The summed E-state index contributed by atoms with van der Waals surface area (Å²) < 4.78 is 5.47. The second kappa shape index (κ2) is 10.9. The molecular formula is C26H36N4O6. The van der Waals surface area contributed by atoms with Crippen LogP contribution in [0.3, 0.4) is 0 Å². The van der Waals surface area contributed by atoms with E-state index in [9.17, 15) is 19.2 Å². The van der Waals surface area contributed by atoms with Crippen LogP contribution >= 0.6 is 0 Å². The third-order valence-electron chi connectivity index (χ3n) is 6.79. The van der Waals surface area contributed by atoms with Crippen LogP contribution in [0.4, 0.5) is 9.59 Å². The molecule has 36 heavy (non-hydrogen) atoms. The molecular weight excluding hydrogens is 464 g/mol. The molecule has 0 radical (unpaired) electrons. The molecule has 2 atom stereocenters. The number of ketones is 1. The fourth-order valence-corrected chi connectivity index (χ4v) is 4.70. The van der Waals surface area contributed by atoms with Crippen LogP contribution in [0, 0.1) is 0 Å². The monoisotopic (exact) mass is 500 g/mol. The molecule has 0 spiro atoms. The molecule has 2 bridgehead atoms. The van der Waals surface area contributed by atoms with Crippen molar-refractivity contribution in [1.82, 2.24) is 20.2 Å². The summed E-state index contributed by atoms with van der Waals surface area (Å²) in [5, 5.41) is 4.05. The molecule has 1 aromatic carbocycles. The van der Waals surface area contributed by atoms with Gasteiger partial charge < -0.3 is 15.0 Å². The van der Waals surface area contributed by atoms with Gasteiger partial charge in [0.1, 0.15) is 18.2 Å². The SMILES string of the molecule is CC(C)(C)OC(=O)N(CC(=O)CNC(=O)[C@@H]1CC[C@@H]2CN1C(=O)N2OCc1ccccc1)C1CCC1. The number of benzene rings is 1. The summed E-state index contributed by atoms with van der Waals surface area (Å²) >= 11 is 0. The Morgan fingerprint density at radius 3 is 2.44 bits per heavy atom. The lowest BCUT2D eigenvalue weighted by Gasteiger charge is -2.38. The van der Waals surface area contributed by atoms with Crippen LogP contribution in [0.1, 0.15) is 58.4 Å². The molecule has 0 aromatic heterocycles. The van der Waals surface area contributed by atoms with Gasteiger partial charge in [-0.3, -0.25) is 19.3 Å². The van der Waals surface area contributed by atoms with E-state index in [-0.39, 0.29) is 49.5 Å². The molecule has 1 N–H and O–H groups in total. The number of fused-ring (bicyclic) bond motifs is 2. The largest absolute Gasteiger partial charge is 0.444 e. The van der Waals surface area contributed by atoms with Crippen LogP contribution in [-0.4, -0.2) is 82.0 Å². The van der Waals surface area contributed by atoms with Crippen LogP contribution in [0.5, 0.6) is 0 Å². The van der Waals surface area contributed by atoms with Gasteiger partial charge in [-0.25, -0.2) is 9.59 Å². The maximum atomic E-state index is 12.9. The molecule has 2 heterocycles. The first-order valence-corrected chi connectivity index (χ1v) is 12.7. The number of Topliss-reactive ketones (excluding diaryl/α,β-unsaturated/α-hetero) is 1. The highest BCUT2D eigenvalue weighted by Gasteiger charge is 2.48. The molecule has 0 unspecified atom stereocenters. The first-order chi connectivity index (χ1) is 17.1. The first-order valence-electron chi connectivity index (χ1n) is 12.7. The fourth-order valence-electron chi connectivity index (χ4n) is 4.70. The Morgan fingerprint density at radius 1 is 1.08 bits per heavy atom. The summed E-state index contributed by atoms with van der Waals surface area (Å²) in [6.07, 6.45) is 3.30. The van der Waals surface area contributed by atoms with Gasteiger partial charge in [0.15, 0.2) is 5.78 Å². The second-order valence-electron chi connectivity index (χ2n) is 10.7. The number of ether oxygens (including phenoxy) is 1. The number of piperidine rings is 1. The molecule has 3 fully saturated rings. The average Bonchev–Trinajstić information content (AvgIpc) is 3.03. The fraction of sp³-hybridized carbons (Fsp3) is 0.615. The highest BCUT2D eigenvalue weighted by atomic mass is 16.7. The molecule has 4 rings (SSSR count). The quantitative estimate of drug-likeness (QED) is 0.559. The van der Waals surface area contributed by atoms with Gasteiger partial charge in [0.05, 0.1) is 19.1 Å². The molecule has 196 valence electrons. The number of hydrogen-bond donors (Lipinski definition) is 1. The van der Waals surface area contributed by atoms with Gasteiger partial charge in [-0.2, -0.15) is 5.06 Å². The smallest absolute Gasteiger partial charge is 0.410 e. The van der Waals surface area contributed by atoms with Gasteiger partial charge in [0.25, 0.3) is 0 Å². The minimum atomic E-state index is -0.657. The number of amides is 4. The first kappa shape index (κ1) is 25.9. The maximum Gasteiger partial charge on any atom is 0.410 e. The van der Waals surface area contributed by atoms with Gasteiger partial charge in [0, 0.05) is 12.6 Å². The minimum Gasteiger partial charge on any atom is -0.444 e. The van der Waals surface area contributed by atoms with E-state index in [1.54, 1.807) is 20.8 Å². The van der Waals surface area contributed by atoms with Crippen LogP contribution < -0.4 is 5.32 Å². The van der Waals surface area contributed by atoms with E-state index in [1.165, 1.54) is 14.9 Å². The lowest BCUT2D eigenvalue weighted by molar-refractivity contribution is -0.140. The number of hydroxylamine groups is 2. The summed E-state index contributed by atoms with van der Waals surface area (Å²) in [6, 6.07) is 8.49. The zero-order valence-corrected chi connectivity index (χ0v) is 21.3. The van der Waals surface area contributed by atoms with Crippen LogP contribution in [0.25, 0.3) is 0 Å². The Hall–Kier alpha value is -3.14. The van der Waals surface area contributed by atoms with Crippen molar-refractivity contribution in [2.24, 2.45) is 0 Å². The van der Waals surface area contributed by atoms with Crippen molar-refractivity contribution in [2.45, 2.75) is 83.2 Å². The normalized spacial score (nSPS) is 21.7. The Balaban J connectivity index is 1.27. The third kappa shape index (κ3) is 6.16. The number of urea groups is 1. The lowest BCUT2D eigenvalue weighted by atomic mass is 9.91. The third-order valence-corrected chi connectivity index (χ3v) is 6.79. The zero-order chi connectivity index (χ0) is 25.9. The van der Waals surface area contributed by atoms with E-state index in [0.29, 0.717) is 19.4 Å². The molecule has 10 heteroatoms. The molecule has 10 nitrogen and oxygen atoms in total. The summed E-state index contributed by atoms with van der Waals surface area (Å²) in [6.45, 7) is 5.72. The van der Waals surface area contributed by atoms with Gasteiger partial charge in [-0.05, 0) is 58.4 Å². The van der Waals surface area contributed by atoms with Gasteiger partial charge in [0.2, 0.25) is 5.91 Å². The Morgan fingerprint density at radius 2 is 1.81 bits per heavy atom. The van der Waals surface area contributed by atoms with Crippen molar-refractivity contribution in [3.05, 3.63) is 35.9 Å². The lowest BCUT2D eigenvalue weighted by Crippen LogP contribution is -2.52. The van der Waals surface area contributed by atoms with E-state index in [0.717, 1.165) is 24.8 Å².